The Bertz CT molecular complexity index is 3510. The zero-order valence-electron chi connectivity index (χ0n) is 47.2. The fourth-order valence-corrected chi connectivity index (χ4v) is 13.8. The maximum atomic E-state index is 17.2. The highest BCUT2D eigenvalue weighted by Gasteiger charge is 2.48. The summed E-state index contributed by atoms with van der Waals surface area (Å²) >= 11 is 1.59. The first-order chi connectivity index (χ1) is 39.0. The van der Waals surface area contributed by atoms with Gasteiger partial charge in [0.15, 0.2) is 17.4 Å². The van der Waals surface area contributed by atoms with Gasteiger partial charge in [0.1, 0.15) is 41.3 Å². The van der Waals surface area contributed by atoms with Gasteiger partial charge >= 0.3 is 6.01 Å². The lowest BCUT2D eigenvalue weighted by atomic mass is 9.72. The Balaban J connectivity index is 0.00000341. The van der Waals surface area contributed by atoms with Gasteiger partial charge in [-0.15, -0.1) is 17.8 Å². The molecule has 0 saturated carbocycles. The number of aryl methyl sites for hydroxylation is 1. The molecule has 7 aromatic rings. The van der Waals surface area contributed by atoms with Gasteiger partial charge < -0.3 is 44.8 Å². The SMILES string of the molecule is C#Cc1cccc2cc(O)cc(-c3ncc4c(N5CC6CC[C@@](C)(C5)N6)nc(OCCN5CCC6(CC5)CN(c5cc(C(C(=O)N7C[C@H](O)C[C@H]7C(=O)NC(C)c7ccc(-c8scnc8C)cc7)C(C)C)on5)C6)nc4c3F)c12.CC. The van der Waals surface area contributed by atoms with E-state index in [0.29, 0.717) is 70.9 Å². The average Bonchev–Trinajstić information content (AvgIpc) is 4.38. The van der Waals surface area contributed by atoms with E-state index in [1.54, 1.807) is 35.7 Å². The third-order valence-corrected chi connectivity index (χ3v) is 18.2. The van der Waals surface area contributed by atoms with Crippen molar-refractivity contribution in [3.63, 3.8) is 0 Å². The van der Waals surface area contributed by atoms with Crippen molar-refractivity contribution < 1.29 is 33.5 Å². The van der Waals surface area contributed by atoms with Crippen LogP contribution in [0.4, 0.5) is 16.0 Å². The van der Waals surface area contributed by atoms with E-state index in [4.69, 9.17) is 25.7 Å². The molecule has 81 heavy (non-hydrogen) atoms. The molecule has 424 valence electrons. The summed E-state index contributed by atoms with van der Waals surface area (Å²) in [4.78, 5) is 56.4. The number of carbonyl (C=O) groups is 2. The van der Waals surface area contributed by atoms with Crippen molar-refractivity contribution in [3.05, 3.63) is 101 Å². The number of phenols is 1. The summed E-state index contributed by atoms with van der Waals surface area (Å²) in [6.45, 7) is 19.7. The minimum Gasteiger partial charge on any atom is -0.508 e. The third-order valence-electron chi connectivity index (χ3n) is 17.2. The predicted molar refractivity (Wildman–Crippen MR) is 313 cm³/mol. The van der Waals surface area contributed by atoms with Crippen LogP contribution in [0.3, 0.4) is 0 Å². The second-order valence-corrected chi connectivity index (χ2v) is 24.1. The molecule has 2 amide bonds. The number of halogens is 1. The summed E-state index contributed by atoms with van der Waals surface area (Å²) < 4.78 is 29.5. The highest BCUT2D eigenvalue weighted by molar-refractivity contribution is 7.13. The normalized spacial score (nSPS) is 22.1. The van der Waals surface area contributed by atoms with Crippen molar-refractivity contribution in [1.82, 2.24) is 45.5 Å². The number of carbonyl (C=O) groups excluding carboxylic acids is 2. The zero-order chi connectivity index (χ0) is 56.9. The van der Waals surface area contributed by atoms with Crippen LogP contribution in [0.25, 0.3) is 43.4 Å². The van der Waals surface area contributed by atoms with Crippen LogP contribution in [0, 0.1) is 36.4 Å². The van der Waals surface area contributed by atoms with Crippen LogP contribution in [0.2, 0.25) is 0 Å². The number of aromatic hydroxyl groups is 1. The van der Waals surface area contributed by atoms with Gasteiger partial charge in [-0.05, 0) is 100 Å². The van der Waals surface area contributed by atoms with Crippen molar-refractivity contribution in [2.75, 3.05) is 68.8 Å². The van der Waals surface area contributed by atoms with Crippen LogP contribution in [-0.4, -0.2) is 140 Å². The molecule has 6 atom stereocenters. The molecule has 4 aromatic heterocycles. The summed E-state index contributed by atoms with van der Waals surface area (Å²) in [5.74, 6) is 2.28. The number of amides is 2. The Morgan fingerprint density at radius 1 is 1.01 bits per heavy atom. The largest absolute Gasteiger partial charge is 0.508 e. The fourth-order valence-electron chi connectivity index (χ4n) is 13.0. The Morgan fingerprint density at radius 2 is 1.79 bits per heavy atom. The van der Waals surface area contributed by atoms with Gasteiger partial charge in [-0.1, -0.05) is 75.2 Å². The molecule has 2 bridgehead atoms. The number of rotatable bonds is 14. The van der Waals surface area contributed by atoms with Crippen LogP contribution in [0.15, 0.2) is 76.9 Å². The van der Waals surface area contributed by atoms with Gasteiger partial charge in [-0.2, -0.15) is 9.97 Å². The first-order valence-electron chi connectivity index (χ1n) is 28.5. The molecule has 0 radical (unpaired) electrons. The second kappa shape index (κ2) is 22.6. The van der Waals surface area contributed by atoms with E-state index < -0.39 is 23.9 Å². The molecule has 17 nitrogen and oxygen atoms in total. The molecule has 5 aliphatic heterocycles. The zero-order valence-corrected chi connectivity index (χ0v) is 48.0. The van der Waals surface area contributed by atoms with E-state index in [2.05, 4.69) is 53.3 Å². The molecule has 12 rings (SSSR count). The molecule has 5 saturated heterocycles. The number of terminal acetylenes is 1. The maximum absolute atomic E-state index is 17.2. The lowest BCUT2D eigenvalue weighted by Gasteiger charge is -2.54. The summed E-state index contributed by atoms with van der Waals surface area (Å²) in [6, 6.07) is 17.6. The van der Waals surface area contributed by atoms with Gasteiger partial charge in [0.2, 0.25) is 11.8 Å². The van der Waals surface area contributed by atoms with E-state index >= 15 is 4.39 Å². The predicted octanol–water partition coefficient (Wildman–Crippen LogP) is 9.01. The topological polar surface area (TPSA) is 198 Å². The lowest BCUT2D eigenvalue weighted by molar-refractivity contribution is -0.141. The minimum atomic E-state index is -0.832. The van der Waals surface area contributed by atoms with Gasteiger partial charge in [0, 0.05) is 91.5 Å². The number of piperazine rings is 1. The monoisotopic (exact) mass is 1120 g/mol. The first kappa shape index (κ1) is 55.7. The number of nitrogens with zero attached hydrogens (tertiary/aromatic N) is 9. The third kappa shape index (κ3) is 10.9. The number of hydrogen-bond donors (Lipinski definition) is 4. The number of phenolic OH excluding ortho intramolecular Hbond substituents is 1. The summed E-state index contributed by atoms with van der Waals surface area (Å²) in [7, 11) is 0. The highest BCUT2D eigenvalue weighted by atomic mass is 32.1. The minimum absolute atomic E-state index is 0.0251. The number of thiazole rings is 1. The van der Waals surface area contributed by atoms with Crippen molar-refractivity contribution in [3.8, 4) is 45.8 Å². The van der Waals surface area contributed by atoms with E-state index in [-0.39, 0.29) is 76.7 Å². The van der Waals surface area contributed by atoms with Gasteiger partial charge in [-0.3, -0.25) is 19.5 Å². The lowest BCUT2D eigenvalue weighted by Crippen LogP contribution is -2.60. The number of ether oxygens (including phenoxy) is 1. The molecule has 3 unspecified atom stereocenters. The van der Waals surface area contributed by atoms with Crippen LogP contribution in [0.1, 0.15) is 108 Å². The fraction of sp³-hybridized carbons (Fsp3) is 0.468. The average molecular weight is 1120 g/mol. The highest BCUT2D eigenvalue weighted by Crippen LogP contribution is 2.44. The van der Waals surface area contributed by atoms with E-state index in [1.165, 1.54) is 11.0 Å². The van der Waals surface area contributed by atoms with E-state index in [0.717, 1.165) is 73.6 Å². The summed E-state index contributed by atoms with van der Waals surface area (Å²) in [6.07, 6.45) is 10.9. The standard InChI is InChI=1S/C60H66FN11O6S.C2H6/c1-7-37-9-8-10-40-23-42(73)24-44(50(37)40)52-51(61)53-45(27-62-52)55(70-28-41-15-16-59(6,30-70)67-41)66-58(65-53)77-22-21-69-19-17-60(18-20-69)31-71(32-60)48-26-47(78-68-48)49(34(2)3)57(76)72-29-43(74)25-46(72)56(75)64-35(4)38-11-13-39(14-12-38)54-36(5)63-33-79-54;1-2/h1,8-14,23-24,26-27,33-35,41,43,46,49,67,73-74H,15-22,25,28-32H2,2-6H3,(H,64,75);1-2H3/t35?,41?,43-,46+,49?,59+;/m1./s1. The Kier molecular flexibility index (Phi) is 15.5. The number of aliphatic hydroxyl groups excluding tert-OH is 1. The second-order valence-electron chi connectivity index (χ2n) is 23.2. The molecule has 19 heteroatoms. The molecule has 4 N–H and O–H groups in total. The quantitative estimate of drug-likeness (QED) is 0.0752. The van der Waals surface area contributed by atoms with Crippen LogP contribution in [0.5, 0.6) is 11.8 Å². The van der Waals surface area contributed by atoms with E-state index in [1.807, 2.05) is 83.5 Å². The maximum Gasteiger partial charge on any atom is 0.319 e. The number of fused-ring (bicyclic) bond motifs is 4. The summed E-state index contributed by atoms with van der Waals surface area (Å²) in [5.41, 5.74) is 5.84. The molecule has 1 spiro atoms. The molecule has 3 aromatic carbocycles. The number of β-amino-alcohol motifs (C(OH)–C–C–N with tert-alkyl or cyclic N) is 1. The van der Waals surface area contributed by atoms with Crippen molar-refractivity contribution >= 4 is 56.5 Å². The number of piperidine rings is 1. The molecule has 5 fully saturated rings. The number of hydrogen-bond acceptors (Lipinski definition) is 16. The summed E-state index contributed by atoms with van der Waals surface area (Å²) in [5, 5.41) is 34.6. The Morgan fingerprint density at radius 3 is 2.51 bits per heavy atom. The van der Waals surface area contributed by atoms with E-state index in [9.17, 15) is 19.8 Å². The van der Waals surface area contributed by atoms with Gasteiger partial charge in [-0.25, -0.2) is 9.37 Å². The number of likely N-dealkylation sites (tertiary alicyclic amines) is 2. The number of anilines is 2. The van der Waals surface area contributed by atoms with Gasteiger partial charge in [0.25, 0.3) is 0 Å². The molecule has 9 heterocycles. The van der Waals surface area contributed by atoms with Crippen LogP contribution in [-0.2, 0) is 9.59 Å². The Labute approximate surface area is 476 Å². The molecule has 5 aliphatic rings. The number of benzene rings is 3. The smallest absolute Gasteiger partial charge is 0.319 e. The van der Waals surface area contributed by atoms with Gasteiger partial charge in [0.05, 0.1) is 33.6 Å². The van der Waals surface area contributed by atoms with Crippen LogP contribution < -0.4 is 25.2 Å². The molecular weight excluding hydrogens is 1050 g/mol. The van der Waals surface area contributed by atoms with Crippen molar-refractivity contribution in [1.29, 1.82) is 0 Å². The van der Waals surface area contributed by atoms with Crippen molar-refractivity contribution in [2.45, 2.75) is 116 Å². The number of pyridine rings is 1. The molecular formula is C62H72FN11O6S. The number of aromatic nitrogens is 5. The van der Waals surface area contributed by atoms with Crippen LogP contribution >= 0.6 is 11.3 Å². The van der Waals surface area contributed by atoms with Crippen molar-refractivity contribution in [2.24, 2.45) is 11.3 Å². The Hall–Kier alpha value is -7.24. The first-order valence-corrected chi connectivity index (χ1v) is 29.4. The number of nitrogens with one attached hydrogen (secondary N) is 2. The molecule has 0 aliphatic carbocycles. The number of aliphatic hydroxyl groups is 1.